The predicted molar refractivity (Wildman–Crippen MR) is 63.2 cm³/mol. The van der Waals surface area contributed by atoms with Gasteiger partial charge in [-0.3, -0.25) is 4.79 Å². The Bertz CT molecular complexity index is 372. The van der Waals surface area contributed by atoms with E-state index in [9.17, 15) is 4.79 Å². The van der Waals surface area contributed by atoms with E-state index in [2.05, 4.69) is 5.32 Å². The molecule has 4 nitrogen and oxygen atoms in total. The zero-order valence-corrected chi connectivity index (χ0v) is 9.94. The van der Waals surface area contributed by atoms with Crippen LogP contribution in [0.4, 0.5) is 0 Å². The van der Waals surface area contributed by atoms with E-state index in [1.54, 1.807) is 0 Å². The van der Waals surface area contributed by atoms with Gasteiger partial charge in [-0.25, -0.2) is 0 Å². The number of hydrogen-bond acceptors (Lipinski definition) is 3. The zero-order chi connectivity index (χ0) is 12.1. The monoisotopic (exact) mass is 235 g/mol. The molecule has 1 amide bonds. The molecule has 4 heteroatoms. The van der Waals surface area contributed by atoms with Gasteiger partial charge in [0.05, 0.1) is 18.6 Å². The van der Waals surface area contributed by atoms with Crippen molar-refractivity contribution in [2.45, 2.75) is 13.5 Å². The summed E-state index contributed by atoms with van der Waals surface area (Å²) in [7, 11) is 0. The van der Waals surface area contributed by atoms with Gasteiger partial charge in [-0.1, -0.05) is 30.3 Å². The van der Waals surface area contributed by atoms with Crippen molar-refractivity contribution in [1.29, 1.82) is 0 Å². The van der Waals surface area contributed by atoms with Crippen LogP contribution in [0.2, 0.25) is 0 Å². The number of amides is 1. The van der Waals surface area contributed by atoms with Crippen molar-refractivity contribution < 1.29 is 14.3 Å². The van der Waals surface area contributed by atoms with E-state index in [0.29, 0.717) is 19.8 Å². The summed E-state index contributed by atoms with van der Waals surface area (Å²) in [5.41, 5.74) is 0.509. The fourth-order valence-electron chi connectivity index (χ4n) is 1.76. The smallest absolute Gasteiger partial charge is 0.230 e. The molecule has 2 rings (SSSR count). The summed E-state index contributed by atoms with van der Waals surface area (Å²) in [5, 5.41) is 2.91. The first-order valence-corrected chi connectivity index (χ1v) is 5.68. The van der Waals surface area contributed by atoms with Crippen molar-refractivity contribution in [3.05, 3.63) is 35.9 Å². The van der Waals surface area contributed by atoms with Crippen LogP contribution in [0.1, 0.15) is 12.5 Å². The van der Waals surface area contributed by atoms with Gasteiger partial charge in [0.2, 0.25) is 5.91 Å². The Hall–Kier alpha value is -1.39. The fraction of sp³-hybridized carbons (Fsp3) is 0.462. The molecule has 0 unspecified atom stereocenters. The lowest BCUT2D eigenvalue weighted by Crippen LogP contribution is -2.47. The highest BCUT2D eigenvalue weighted by atomic mass is 16.7. The molecule has 17 heavy (non-hydrogen) atoms. The van der Waals surface area contributed by atoms with Crippen LogP contribution in [0.3, 0.4) is 0 Å². The van der Waals surface area contributed by atoms with Crippen molar-refractivity contribution in [1.82, 2.24) is 5.32 Å². The first kappa shape index (κ1) is 12.1. The minimum Gasteiger partial charge on any atom is -0.354 e. The van der Waals surface area contributed by atoms with Crippen LogP contribution in [0, 0.1) is 5.41 Å². The Morgan fingerprint density at radius 1 is 1.29 bits per heavy atom. The largest absolute Gasteiger partial charge is 0.354 e. The van der Waals surface area contributed by atoms with E-state index in [1.807, 2.05) is 37.3 Å². The standard InChI is InChI=1S/C13H17NO3/c1-13(8-16-10-17-9-13)12(15)14-7-11-5-3-2-4-6-11/h2-6H,7-10H2,1H3,(H,14,15). The highest BCUT2D eigenvalue weighted by molar-refractivity contribution is 5.82. The summed E-state index contributed by atoms with van der Waals surface area (Å²) in [5.74, 6) is -0.0268. The Labute approximate surface area is 101 Å². The summed E-state index contributed by atoms with van der Waals surface area (Å²) in [6.45, 7) is 3.49. The van der Waals surface area contributed by atoms with E-state index < -0.39 is 5.41 Å². The molecule has 1 N–H and O–H groups in total. The lowest BCUT2D eigenvalue weighted by molar-refractivity contribution is -0.174. The molecule has 0 bridgehead atoms. The lowest BCUT2D eigenvalue weighted by Gasteiger charge is -2.31. The molecule has 0 aromatic heterocycles. The second kappa shape index (κ2) is 5.29. The van der Waals surface area contributed by atoms with Crippen LogP contribution in [-0.2, 0) is 20.8 Å². The van der Waals surface area contributed by atoms with E-state index >= 15 is 0 Å². The number of nitrogens with one attached hydrogen (secondary N) is 1. The number of benzene rings is 1. The third-order valence-corrected chi connectivity index (χ3v) is 2.85. The molecular formula is C13H17NO3. The van der Waals surface area contributed by atoms with Gasteiger partial charge in [-0.05, 0) is 12.5 Å². The average molecular weight is 235 g/mol. The highest BCUT2D eigenvalue weighted by Crippen LogP contribution is 2.21. The van der Waals surface area contributed by atoms with Gasteiger partial charge in [-0.15, -0.1) is 0 Å². The predicted octanol–water partition coefficient (Wildman–Crippen LogP) is 1.31. The van der Waals surface area contributed by atoms with Crippen LogP contribution in [0.5, 0.6) is 0 Å². The number of rotatable bonds is 3. The molecule has 1 aromatic carbocycles. The molecule has 0 saturated carbocycles. The molecule has 0 aliphatic carbocycles. The summed E-state index contributed by atoms with van der Waals surface area (Å²) in [6, 6.07) is 9.83. The Balaban J connectivity index is 1.88. The molecule has 92 valence electrons. The van der Waals surface area contributed by atoms with E-state index in [4.69, 9.17) is 9.47 Å². The Morgan fingerprint density at radius 2 is 1.94 bits per heavy atom. The van der Waals surface area contributed by atoms with Crippen molar-refractivity contribution >= 4 is 5.91 Å². The van der Waals surface area contributed by atoms with Crippen LogP contribution < -0.4 is 5.32 Å². The maximum atomic E-state index is 12.0. The fourth-order valence-corrected chi connectivity index (χ4v) is 1.76. The molecule has 1 saturated heterocycles. The first-order chi connectivity index (χ1) is 8.21. The maximum absolute atomic E-state index is 12.0. The van der Waals surface area contributed by atoms with Crippen molar-refractivity contribution in [3.8, 4) is 0 Å². The van der Waals surface area contributed by atoms with Crippen molar-refractivity contribution in [3.63, 3.8) is 0 Å². The normalized spacial score (nSPS) is 18.6. The molecule has 1 aliphatic rings. The average Bonchev–Trinajstić information content (AvgIpc) is 2.38. The zero-order valence-electron chi connectivity index (χ0n) is 9.94. The molecule has 1 fully saturated rings. The van der Waals surface area contributed by atoms with Crippen molar-refractivity contribution in [2.75, 3.05) is 20.0 Å². The maximum Gasteiger partial charge on any atom is 0.230 e. The topological polar surface area (TPSA) is 47.6 Å². The molecule has 1 aromatic rings. The van der Waals surface area contributed by atoms with Gasteiger partial charge in [0, 0.05) is 6.54 Å². The Morgan fingerprint density at radius 3 is 2.59 bits per heavy atom. The minimum atomic E-state index is -0.576. The third kappa shape index (κ3) is 3.05. The Kier molecular flexibility index (Phi) is 3.76. The number of ether oxygens (including phenoxy) is 2. The quantitative estimate of drug-likeness (QED) is 0.859. The van der Waals surface area contributed by atoms with Crippen molar-refractivity contribution in [2.24, 2.45) is 5.41 Å². The van der Waals surface area contributed by atoms with Gasteiger partial charge in [-0.2, -0.15) is 0 Å². The molecule has 0 spiro atoms. The number of carbonyl (C=O) groups is 1. The molecular weight excluding hydrogens is 218 g/mol. The number of hydrogen-bond donors (Lipinski definition) is 1. The second-order valence-corrected chi connectivity index (χ2v) is 4.54. The summed E-state index contributed by atoms with van der Waals surface area (Å²) < 4.78 is 10.4. The minimum absolute atomic E-state index is 0.0268. The highest BCUT2D eigenvalue weighted by Gasteiger charge is 2.36. The first-order valence-electron chi connectivity index (χ1n) is 5.68. The summed E-state index contributed by atoms with van der Waals surface area (Å²) >= 11 is 0. The molecule has 0 atom stereocenters. The second-order valence-electron chi connectivity index (χ2n) is 4.54. The van der Waals surface area contributed by atoms with Gasteiger partial charge in [0.1, 0.15) is 6.79 Å². The summed E-state index contributed by atoms with van der Waals surface area (Å²) in [4.78, 5) is 12.0. The van der Waals surface area contributed by atoms with E-state index in [1.165, 1.54) is 0 Å². The summed E-state index contributed by atoms with van der Waals surface area (Å²) in [6.07, 6.45) is 0. The molecule has 0 radical (unpaired) electrons. The number of carbonyl (C=O) groups excluding carboxylic acids is 1. The van der Waals surface area contributed by atoms with E-state index in [-0.39, 0.29) is 12.7 Å². The van der Waals surface area contributed by atoms with Gasteiger partial charge < -0.3 is 14.8 Å². The SMILES string of the molecule is CC1(C(=O)NCc2ccccc2)COCOC1. The van der Waals surface area contributed by atoms with Crippen LogP contribution >= 0.6 is 0 Å². The van der Waals surface area contributed by atoms with E-state index in [0.717, 1.165) is 5.56 Å². The van der Waals surface area contributed by atoms with Crippen LogP contribution in [-0.4, -0.2) is 25.9 Å². The lowest BCUT2D eigenvalue weighted by atomic mass is 9.91. The van der Waals surface area contributed by atoms with Crippen LogP contribution in [0.25, 0.3) is 0 Å². The van der Waals surface area contributed by atoms with Gasteiger partial charge in [0.25, 0.3) is 0 Å². The molecule has 1 heterocycles. The van der Waals surface area contributed by atoms with Gasteiger partial charge in [0.15, 0.2) is 0 Å². The van der Waals surface area contributed by atoms with Gasteiger partial charge >= 0.3 is 0 Å². The molecule has 1 aliphatic heterocycles. The third-order valence-electron chi connectivity index (χ3n) is 2.85. The van der Waals surface area contributed by atoms with Crippen LogP contribution in [0.15, 0.2) is 30.3 Å².